The van der Waals surface area contributed by atoms with Crippen LogP contribution >= 0.6 is 0 Å². The van der Waals surface area contributed by atoms with E-state index in [-0.39, 0.29) is 5.60 Å². The third-order valence-electron chi connectivity index (χ3n) is 3.70. The zero-order valence-electron chi connectivity index (χ0n) is 12.9. The summed E-state index contributed by atoms with van der Waals surface area (Å²) in [7, 11) is 0. The van der Waals surface area contributed by atoms with Gasteiger partial charge in [-0.3, -0.25) is 0 Å². The van der Waals surface area contributed by atoms with Crippen molar-refractivity contribution in [1.82, 2.24) is 5.43 Å². The first-order chi connectivity index (χ1) is 10.0. The van der Waals surface area contributed by atoms with E-state index in [4.69, 9.17) is 4.74 Å². The summed E-state index contributed by atoms with van der Waals surface area (Å²) in [6.45, 7) is 7.18. The molecule has 0 spiro atoms. The normalized spacial score (nSPS) is 15.4. The maximum absolute atomic E-state index is 6.02. The molecule has 0 saturated heterocycles. The average Bonchev–Trinajstić information content (AvgIpc) is 2.75. The molecular formula is C18H22N2O. The molecule has 0 unspecified atom stereocenters. The molecule has 0 bridgehead atoms. The van der Waals surface area contributed by atoms with Crippen LogP contribution in [-0.2, 0) is 13.0 Å². The molecule has 0 radical (unpaired) electrons. The number of hydrogen-bond acceptors (Lipinski definition) is 3. The van der Waals surface area contributed by atoms with Crippen molar-refractivity contribution in [3.05, 3.63) is 59.2 Å². The van der Waals surface area contributed by atoms with Crippen molar-refractivity contribution in [2.24, 2.45) is 0 Å². The van der Waals surface area contributed by atoms with Gasteiger partial charge in [0.05, 0.1) is 0 Å². The van der Waals surface area contributed by atoms with Crippen LogP contribution in [-0.4, -0.2) is 5.60 Å². The molecule has 0 amide bonds. The summed E-state index contributed by atoms with van der Waals surface area (Å²) in [5.41, 5.74) is 11.3. The van der Waals surface area contributed by atoms with Crippen molar-refractivity contribution in [2.75, 3.05) is 5.43 Å². The van der Waals surface area contributed by atoms with E-state index in [2.05, 4.69) is 43.8 Å². The van der Waals surface area contributed by atoms with Crippen molar-refractivity contribution < 1.29 is 4.74 Å². The van der Waals surface area contributed by atoms with Gasteiger partial charge in [0, 0.05) is 18.7 Å². The topological polar surface area (TPSA) is 33.3 Å². The number of anilines is 1. The summed E-state index contributed by atoms with van der Waals surface area (Å²) in [5, 5.41) is 0. The number of hydrogen-bond donors (Lipinski definition) is 2. The van der Waals surface area contributed by atoms with Crippen LogP contribution in [0.25, 0.3) is 0 Å². The van der Waals surface area contributed by atoms with Crippen molar-refractivity contribution in [3.63, 3.8) is 0 Å². The minimum atomic E-state index is -0.0819. The highest BCUT2D eigenvalue weighted by atomic mass is 16.5. The van der Waals surface area contributed by atoms with E-state index in [0.717, 1.165) is 24.4 Å². The van der Waals surface area contributed by atoms with Gasteiger partial charge in [0.25, 0.3) is 0 Å². The van der Waals surface area contributed by atoms with Crippen LogP contribution in [0.15, 0.2) is 42.5 Å². The van der Waals surface area contributed by atoms with Crippen molar-refractivity contribution in [2.45, 2.75) is 39.3 Å². The lowest BCUT2D eigenvalue weighted by molar-refractivity contribution is 0.137. The van der Waals surface area contributed by atoms with Crippen LogP contribution in [0.1, 0.15) is 30.5 Å². The third-order valence-corrected chi connectivity index (χ3v) is 3.70. The Bertz CT molecular complexity index is 635. The van der Waals surface area contributed by atoms with Crippen LogP contribution in [0.4, 0.5) is 5.69 Å². The Morgan fingerprint density at radius 3 is 2.67 bits per heavy atom. The molecule has 0 aliphatic carbocycles. The number of aryl methyl sites for hydroxylation is 1. The molecule has 1 heterocycles. The first-order valence-corrected chi connectivity index (χ1v) is 7.39. The van der Waals surface area contributed by atoms with E-state index >= 15 is 0 Å². The SMILES string of the molecule is Cc1cc(CNNc2ccccc2)cc2c1OC(C)(C)C2. The molecule has 1 aliphatic heterocycles. The summed E-state index contributed by atoms with van der Waals surface area (Å²) in [6.07, 6.45) is 0.975. The fourth-order valence-corrected chi connectivity index (χ4v) is 2.85. The first-order valence-electron chi connectivity index (χ1n) is 7.39. The van der Waals surface area contributed by atoms with Crippen LogP contribution in [0.5, 0.6) is 5.75 Å². The van der Waals surface area contributed by atoms with Crippen LogP contribution in [0, 0.1) is 6.92 Å². The van der Waals surface area contributed by atoms with Gasteiger partial charge in [0.1, 0.15) is 11.4 Å². The maximum atomic E-state index is 6.02. The van der Waals surface area contributed by atoms with Crippen LogP contribution in [0.2, 0.25) is 0 Å². The predicted octanol–water partition coefficient (Wildman–Crippen LogP) is 3.83. The smallest absolute Gasteiger partial charge is 0.126 e. The highest BCUT2D eigenvalue weighted by molar-refractivity contribution is 5.48. The standard InChI is InChI=1S/C18H22N2O/c1-13-9-14(10-15-11-18(2,3)21-17(13)15)12-19-20-16-7-5-4-6-8-16/h4-10,19-20H,11-12H2,1-3H3. The molecule has 0 saturated carbocycles. The Labute approximate surface area is 126 Å². The summed E-state index contributed by atoms with van der Waals surface area (Å²) in [5.74, 6) is 1.07. The van der Waals surface area contributed by atoms with Gasteiger partial charge in [0.15, 0.2) is 0 Å². The highest BCUT2D eigenvalue weighted by Gasteiger charge is 2.31. The minimum absolute atomic E-state index is 0.0819. The Balaban J connectivity index is 1.66. The number of nitrogens with one attached hydrogen (secondary N) is 2. The number of benzene rings is 2. The zero-order chi connectivity index (χ0) is 14.9. The lowest BCUT2D eigenvalue weighted by atomic mass is 9.98. The van der Waals surface area contributed by atoms with Crippen LogP contribution < -0.4 is 15.6 Å². The van der Waals surface area contributed by atoms with Gasteiger partial charge in [0.2, 0.25) is 0 Å². The monoisotopic (exact) mass is 282 g/mol. The molecule has 0 fully saturated rings. The lowest BCUT2D eigenvalue weighted by Gasteiger charge is -2.17. The quantitative estimate of drug-likeness (QED) is 0.836. The second-order valence-electron chi connectivity index (χ2n) is 6.28. The van der Waals surface area contributed by atoms with Crippen molar-refractivity contribution in [1.29, 1.82) is 0 Å². The maximum Gasteiger partial charge on any atom is 0.126 e. The Morgan fingerprint density at radius 1 is 1.14 bits per heavy atom. The van der Waals surface area contributed by atoms with Gasteiger partial charge in [-0.05, 0) is 49.6 Å². The van der Waals surface area contributed by atoms with Gasteiger partial charge in [-0.15, -0.1) is 0 Å². The van der Waals surface area contributed by atoms with E-state index in [1.807, 2.05) is 30.3 Å². The third kappa shape index (κ3) is 3.19. The predicted molar refractivity (Wildman–Crippen MR) is 86.5 cm³/mol. The zero-order valence-corrected chi connectivity index (χ0v) is 12.9. The van der Waals surface area contributed by atoms with E-state index in [1.165, 1.54) is 16.7 Å². The largest absolute Gasteiger partial charge is 0.487 e. The van der Waals surface area contributed by atoms with Crippen LogP contribution in [0.3, 0.4) is 0 Å². The second kappa shape index (κ2) is 5.41. The number of fused-ring (bicyclic) bond motifs is 1. The van der Waals surface area contributed by atoms with Gasteiger partial charge in [-0.1, -0.05) is 30.3 Å². The number of para-hydroxylation sites is 1. The molecule has 2 N–H and O–H groups in total. The fourth-order valence-electron chi connectivity index (χ4n) is 2.85. The molecular weight excluding hydrogens is 260 g/mol. The van der Waals surface area contributed by atoms with E-state index < -0.39 is 0 Å². The molecule has 2 aromatic carbocycles. The van der Waals surface area contributed by atoms with Gasteiger partial charge in [-0.2, -0.15) is 0 Å². The summed E-state index contributed by atoms with van der Waals surface area (Å²) >= 11 is 0. The van der Waals surface area contributed by atoms with Crippen molar-refractivity contribution in [3.8, 4) is 5.75 Å². The van der Waals surface area contributed by atoms with Crippen molar-refractivity contribution >= 4 is 5.69 Å². The average molecular weight is 282 g/mol. The summed E-state index contributed by atoms with van der Waals surface area (Å²) in [4.78, 5) is 0. The molecule has 2 aromatic rings. The molecule has 0 aromatic heterocycles. The Kier molecular flexibility index (Phi) is 3.60. The summed E-state index contributed by atoms with van der Waals surface area (Å²) < 4.78 is 6.02. The van der Waals surface area contributed by atoms with Gasteiger partial charge in [-0.25, -0.2) is 5.43 Å². The minimum Gasteiger partial charge on any atom is -0.487 e. The van der Waals surface area contributed by atoms with E-state index in [0.29, 0.717) is 0 Å². The van der Waals surface area contributed by atoms with Gasteiger partial charge < -0.3 is 10.2 Å². The Morgan fingerprint density at radius 2 is 1.90 bits per heavy atom. The molecule has 110 valence electrons. The fraction of sp³-hybridized carbons (Fsp3) is 0.333. The van der Waals surface area contributed by atoms with Gasteiger partial charge >= 0.3 is 0 Å². The highest BCUT2D eigenvalue weighted by Crippen LogP contribution is 2.38. The molecule has 1 aliphatic rings. The first kappa shape index (κ1) is 14.0. The lowest BCUT2D eigenvalue weighted by Crippen LogP contribution is -2.24. The molecule has 3 nitrogen and oxygen atoms in total. The second-order valence-corrected chi connectivity index (χ2v) is 6.28. The molecule has 0 atom stereocenters. The number of ether oxygens (including phenoxy) is 1. The van der Waals surface area contributed by atoms with E-state index in [1.54, 1.807) is 0 Å². The molecule has 3 heteroatoms. The van der Waals surface area contributed by atoms with E-state index in [9.17, 15) is 0 Å². The molecule has 3 rings (SSSR count). The number of rotatable bonds is 4. The number of hydrazine groups is 1. The summed E-state index contributed by atoms with van der Waals surface area (Å²) in [6, 6.07) is 14.6. The Hall–Kier alpha value is -2.00. The molecule has 21 heavy (non-hydrogen) atoms.